The number of hydrogen-bond donors (Lipinski definition) is 3. The number of amides is 2. The molecule has 2 aromatic rings. The maximum atomic E-state index is 11.9. The molecule has 0 spiro atoms. The average molecular weight is 440 g/mol. The number of hydrogen-bond acceptors (Lipinski definition) is 4. The van der Waals surface area contributed by atoms with Crippen molar-refractivity contribution < 1.29 is 14.3 Å². The van der Waals surface area contributed by atoms with Gasteiger partial charge in [0, 0.05) is 16.5 Å². The molecule has 0 aliphatic heterocycles. The second kappa shape index (κ2) is 10.8. The number of ether oxygens (including phenoxy) is 1. The lowest BCUT2D eigenvalue weighted by atomic mass is 10.1. The van der Waals surface area contributed by atoms with Gasteiger partial charge < -0.3 is 10.1 Å². The predicted octanol–water partition coefficient (Wildman–Crippen LogP) is 3.34. The number of nitrogens with one attached hydrogen (secondary N) is 3. The number of rotatable bonds is 6. The normalized spacial score (nSPS) is 10.1. The van der Waals surface area contributed by atoms with Gasteiger partial charge in [-0.15, -0.1) is 0 Å². The summed E-state index contributed by atoms with van der Waals surface area (Å²) in [5.41, 5.74) is 6.50. The molecule has 0 aliphatic carbocycles. The molecule has 28 heavy (non-hydrogen) atoms. The summed E-state index contributed by atoms with van der Waals surface area (Å²) in [5.74, 6) is -0.197. The van der Waals surface area contributed by atoms with E-state index in [1.54, 1.807) is 24.3 Å². The Morgan fingerprint density at radius 3 is 2.54 bits per heavy atom. The maximum absolute atomic E-state index is 11.9. The van der Waals surface area contributed by atoms with E-state index >= 15 is 0 Å². The SMILES string of the molecule is Cc1cc(Cl)ccc1OCC(=O)NNC(=S)NC(=O)CCc1ccccc1Cl. The molecule has 0 bridgehead atoms. The van der Waals surface area contributed by atoms with Gasteiger partial charge in [-0.05, 0) is 61.0 Å². The third-order valence-corrected chi connectivity index (χ3v) is 4.45. The minimum atomic E-state index is -0.456. The van der Waals surface area contributed by atoms with E-state index in [2.05, 4.69) is 16.2 Å². The highest BCUT2D eigenvalue weighted by molar-refractivity contribution is 7.80. The molecule has 0 saturated heterocycles. The summed E-state index contributed by atoms with van der Waals surface area (Å²) >= 11 is 16.9. The molecule has 0 heterocycles. The first-order valence-electron chi connectivity index (χ1n) is 8.36. The number of hydrazine groups is 1. The van der Waals surface area contributed by atoms with Crippen LogP contribution in [0.1, 0.15) is 17.5 Å². The van der Waals surface area contributed by atoms with Gasteiger partial charge in [-0.2, -0.15) is 0 Å². The Morgan fingerprint density at radius 1 is 1.07 bits per heavy atom. The second-order valence-corrected chi connectivity index (χ2v) is 7.09. The molecule has 0 aliphatic rings. The van der Waals surface area contributed by atoms with Crippen molar-refractivity contribution in [1.82, 2.24) is 16.2 Å². The van der Waals surface area contributed by atoms with Crippen LogP contribution < -0.4 is 20.9 Å². The van der Waals surface area contributed by atoms with E-state index in [4.69, 9.17) is 40.2 Å². The monoisotopic (exact) mass is 439 g/mol. The molecule has 0 saturated carbocycles. The Labute approximate surface area is 178 Å². The van der Waals surface area contributed by atoms with Crippen molar-refractivity contribution >= 4 is 52.3 Å². The molecule has 0 fully saturated rings. The van der Waals surface area contributed by atoms with Crippen molar-refractivity contribution in [2.45, 2.75) is 19.8 Å². The highest BCUT2D eigenvalue weighted by atomic mass is 35.5. The van der Waals surface area contributed by atoms with Crippen LogP contribution in [-0.4, -0.2) is 23.5 Å². The molecule has 9 heteroatoms. The molecule has 0 unspecified atom stereocenters. The fourth-order valence-corrected chi connectivity index (χ4v) is 2.87. The summed E-state index contributed by atoms with van der Waals surface area (Å²) < 4.78 is 5.41. The quantitative estimate of drug-likeness (QED) is 0.475. The van der Waals surface area contributed by atoms with Gasteiger partial charge in [-0.3, -0.25) is 20.4 Å². The van der Waals surface area contributed by atoms with E-state index in [1.165, 1.54) is 0 Å². The van der Waals surface area contributed by atoms with E-state index in [1.807, 2.05) is 25.1 Å². The Bertz CT molecular complexity index is 877. The van der Waals surface area contributed by atoms with Crippen molar-refractivity contribution in [3.8, 4) is 5.75 Å². The van der Waals surface area contributed by atoms with Crippen molar-refractivity contribution in [1.29, 1.82) is 0 Å². The van der Waals surface area contributed by atoms with Crippen LogP contribution in [0.5, 0.6) is 5.75 Å². The molecule has 3 N–H and O–H groups in total. The summed E-state index contributed by atoms with van der Waals surface area (Å²) in [4.78, 5) is 23.7. The van der Waals surface area contributed by atoms with Gasteiger partial charge in [-0.25, -0.2) is 0 Å². The summed E-state index contributed by atoms with van der Waals surface area (Å²) in [6.07, 6.45) is 0.688. The summed E-state index contributed by atoms with van der Waals surface area (Å²) in [5, 5.41) is 3.67. The third kappa shape index (κ3) is 7.34. The van der Waals surface area contributed by atoms with Gasteiger partial charge in [-0.1, -0.05) is 41.4 Å². The van der Waals surface area contributed by atoms with E-state index in [9.17, 15) is 9.59 Å². The van der Waals surface area contributed by atoms with Crippen molar-refractivity contribution in [3.05, 3.63) is 63.6 Å². The Morgan fingerprint density at radius 2 is 1.82 bits per heavy atom. The van der Waals surface area contributed by atoms with Crippen molar-refractivity contribution in [2.75, 3.05) is 6.61 Å². The number of aryl methyl sites for hydroxylation is 2. The smallest absolute Gasteiger partial charge is 0.276 e. The maximum Gasteiger partial charge on any atom is 0.276 e. The number of carbonyl (C=O) groups excluding carboxylic acids is 2. The molecule has 2 aromatic carbocycles. The number of benzene rings is 2. The number of thiocarbonyl (C=S) groups is 1. The van der Waals surface area contributed by atoms with Crippen LogP contribution in [0.3, 0.4) is 0 Å². The van der Waals surface area contributed by atoms with E-state index in [0.29, 0.717) is 22.2 Å². The summed E-state index contributed by atoms with van der Waals surface area (Å²) in [7, 11) is 0. The lowest BCUT2D eigenvalue weighted by Gasteiger charge is -2.12. The highest BCUT2D eigenvalue weighted by Gasteiger charge is 2.09. The van der Waals surface area contributed by atoms with Crippen molar-refractivity contribution in [3.63, 3.8) is 0 Å². The zero-order valence-corrected chi connectivity index (χ0v) is 17.4. The molecule has 2 amide bonds. The molecule has 6 nitrogen and oxygen atoms in total. The van der Waals surface area contributed by atoms with Gasteiger partial charge in [0.1, 0.15) is 5.75 Å². The second-order valence-electron chi connectivity index (χ2n) is 5.84. The van der Waals surface area contributed by atoms with Crippen LogP contribution in [0.25, 0.3) is 0 Å². The van der Waals surface area contributed by atoms with Gasteiger partial charge in [0.2, 0.25) is 5.91 Å². The minimum Gasteiger partial charge on any atom is -0.483 e. The van der Waals surface area contributed by atoms with Crippen LogP contribution in [0.4, 0.5) is 0 Å². The van der Waals surface area contributed by atoms with Crippen LogP contribution in [0.15, 0.2) is 42.5 Å². The summed E-state index contributed by atoms with van der Waals surface area (Å²) in [6.45, 7) is 1.60. The zero-order chi connectivity index (χ0) is 20.5. The molecule has 0 atom stereocenters. The molecular weight excluding hydrogens is 421 g/mol. The number of carbonyl (C=O) groups is 2. The van der Waals surface area contributed by atoms with Gasteiger partial charge in [0.25, 0.3) is 5.91 Å². The van der Waals surface area contributed by atoms with Crippen molar-refractivity contribution in [2.24, 2.45) is 0 Å². The largest absolute Gasteiger partial charge is 0.483 e. The molecule has 2 rings (SSSR count). The molecular formula is C19H19Cl2N3O3S. The lowest BCUT2D eigenvalue weighted by Crippen LogP contribution is -2.49. The fraction of sp³-hybridized carbons (Fsp3) is 0.211. The van der Waals surface area contributed by atoms with E-state index in [-0.39, 0.29) is 24.0 Å². The third-order valence-electron chi connectivity index (χ3n) is 3.64. The van der Waals surface area contributed by atoms with Gasteiger partial charge in [0.15, 0.2) is 11.7 Å². The first kappa shape index (κ1) is 21.9. The molecule has 148 valence electrons. The van der Waals surface area contributed by atoms with Gasteiger partial charge in [0.05, 0.1) is 0 Å². The Hall–Kier alpha value is -2.35. The molecule has 0 radical (unpaired) electrons. The average Bonchev–Trinajstić information content (AvgIpc) is 2.65. The van der Waals surface area contributed by atoms with Crippen LogP contribution >= 0.6 is 35.4 Å². The standard InChI is InChI=1S/C19H19Cl2N3O3S/c1-12-10-14(20)7-8-16(12)27-11-18(26)23-24-19(28)22-17(25)9-6-13-4-2-3-5-15(13)21/h2-5,7-8,10H,6,9,11H2,1H3,(H,23,26)(H2,22,24,25,28). The lowest BCUT2D eigenvalue weighted by molar-refractivity contribution is -0.124. The topological polar surface area (TPSA) is 79.5 Å². The van der Waals surface area contributed by atoms with Crippen LogP contribution in [0.2, 0.25) is 10.0 Å². The Kier molecular flexibility index (Phi) is 8.50. The highest BCUT2D eigenvalue weighted by Crippen LogP contribution is 2.21. The van der Waals surface area contributed by atoms with Crippen LogP contribution in [0, 0.1) is 6.92 Å². The van der Waals surface area contributed by atoms with E-state index < -0.39 is 5.91 Å². The zero-order valence-electron chi connectivity index (χ0n) is 15.1. The van der Waals surface area contributed by atoms with Crippen LogP contribution in [-0.2, 0) is 16.0 Å². The predicted molar refractivity (Wildman–Crippen MR) is 113 cm³/mol. The molecule has 0 aromatic heterocycles. The minimum absolute atomic E-state index is 0.0137. The first-order valence-corrected chi connectivity index (χ1v) is 9.52. The summed E-state index contributed by atoms with van der Waals surface area (Å²) in [6, 6.07) is 12.4. The Balaban J connectivity index is 1.67. The number of halogens is 2. The fourth-order valence-electron chi connectivity index (χ4n) is 2.25. The van der Waals surface area contributed by atoms with E-state index in [0.717, 1.165) is 11.1 Å². The first-order chi connectivity index (χ1) is 13.3. The van der Waals surface area contributed by atoms with Gasteiger partial charge >= 0.3 is 0 Å².